The standard InChI is InChI=1S/C33H37FN4O2/c1-3-4-16-36-30(39)21-26-22-37(19-17-35-26)33(40)32-27(20-25-13-10-14-28(34)23(25)2)31(24-11-6-5-7-12-24)29-15-8-9-18-38(29)32/h5-15,18,26,35H,3-4,16-17,19-22H2,1-2H3,(H,36,39)/t26-/m0/s1. The van der Waals surface area contributed by atoms with Gasteiger partial charge >= 0.3 is 0 Å². The van der Waals surface area contributed by atoms with E-state index < -0.39 is 0 Å². The van der Waals surface area contributed by atoms with Gasteiger partial charge in [-0.3, -0.25) is 9.59 Å². The van der Waals surface area contributed by atoms with E-state index >= 15 is 0 Å². The summed E-state index contributed by atoms with van der Waals surface area (Å²) >= 11 is 0. The van der Waals surface area contributed by atoms with Crippen LogP contribution in [0.1, 0.15) is 53.4 Å². The van der Waals surface area contributed by atoms with Crippen LogP contribution in [0.4, 0.5) is 4.39 Å². The molecule has 1 saturated heterocycles. The number of nitrogens with zero attached hydrogens (tertiary/aromatic N) is 2. The zero-order valence-electron chi connectivity index (χ0n) is 23.3. The molecule has 2 aromatic carbocycles. The Hall–Kier alpha value is -3.97. The van der Waals surface area contributed by atoms with Crippen molar-refractivity contribution in [2.75, 3.05) is 26.2 Å². The molecule has 1 aliphatic rings. The number of fused-ring (bicyclic) bond motifs is 1. The molecule has 3 heterocycles. The van der Waals surface area contributed by atoms with Crippen molar-refractivity contribution in [2.24, 2.45) is 0 Å². The molecule has 0 aliphatic carbocycles. The summed E-state index contributed by atoms with van der Waals surface area (Å²) in [5.41, 5.74) is 5.83. The number of nitrogens with one attached hydrogen (secondary N) is 2. The molecular weight excluding hydrogens is 503 g/mol. The Balaban J connectivity index is 1.54. The van der Waals surface area contributed by atoms with Crippen LogP contribution in [0.15, 0.2) is 72.9 Å². The lowest BCUT2D eigenvalue weighted by Crippen LogP contribution is -2.54. The molecule has 2 aromatic heterocycles. The minimum Gasteiger partial charge on any atom is -0.356 e. The number of carbonyl (C=O) groups excluding carboxylic acids is 2. The van der Waals surface area contributed by atoms with Crippen LogP contribution in [0, 0.1) is 12.7 Å². The molecule has 6 nitrogen and oxygen atoms in total. The van der Waals surface area contributed by atoms with E-state index in [-0.39, 0.29) is 23.7 Å². The quantitative estimate of drug-likeness (QED) is 0.281. The minimum absolute atomic E-state index is 0.00187. The topological polar surface area (TPSA) is 65.9 Å². The fourth-order valence-electron chi connectivity index (χ4n) is 5.62. The molecule has 208 valence electrons. The number of amides is 2. The Bertz CT molecular complexity index is 1500. The van der Waals surface area contributed by atoms with Crippen molar-refractivity contribution in [3.8, 4) is 11.1 Å². The van der Waals surface area contributed by atoms with Crippen LogP contribution in [0.5, 0.6) is 0 Å². The van der Waals surface area contributed by atoms with Gasteiger partial charge in [-0.05, 0) is 53.8 Å². The molecule has 1 aliphatic heterocycles. The largest absolute Gasteiger partial charge is 0.356 e. The second kappa shape index (κ2) is 12.5. The summed E-state index contributed by atoms with van der Waals surface area (Å²) in [6.45, 7) is 6.16. The van der Waals surface area contributed by atoms with Gasteiger partial charge in [0, 0.05) is 56.8 Å². The van der Waals surface area contributed by atoms with Gasteiger partial charge in [-0.2, -0.15) is 0 Å². The Morgan fingerprint density at radius 2 is 1.85 bits per heavy atom. The number of carbonyl (C=O) groups is 2. The number of pyridine rings is 1. The molecule has 0 radical (unpaired) electrons. The van der Waals surface area contributed by atoms with Gasteiger partial charge in [0.15, 0.2) is 0 Å². The summed E-state index contributed by atoms with van der Waals surface area (Å²) in [5.74, 6) is -0.329. The monoisotopic (exact) mass is 540 g/mol. The zero-order valence-corrected chi connectivity index (χ0v) is 23.3. The highest BCUT2D eigenvalue weighted by atomic mass is 19.1. The van der Waals surface area contributed by atoms with Gasteiger partial charge in [0.1, 0.15) is 11.5 Å². The van der Waals surface area contributed by atoms with Crippen LogP contribution < -0.4 is 10.6 Å². The molecule has 0 saturated carbocycles. The molecule has 1 atom stereocenters. The van der Waals surface area contributed by atoms with E-state index in [4.69, 9.17) is 0 Å². The van der Waals surface area contributed by atoms with E-state index in [1.807, 2.05) is 58.0 Å². The van der Waals surface area contributed by atoms with Gasteiger partial charge in [-0.15, -0.1) is 0 Å². The first-order valence-electron chi connectivity index (χ1n) is 14.2. The number of halogens is 1. The normalized spacial score (nSPS) is 15.4. The second-order valence-corrected chi connectivity index (χ2v) is 10.5. The third kappa shape index (κ3) is 5.80. The molecule has 5 rings (SSSR count). The molecule has 2 N–H and O–H groups in total. The Morgan fingerprint density at radius 1 is 1.05 bits per heavy atom. The van der Waals surface area contributed by atoms with E-state index in [9.17, 15) is 14.0 Å². The third-order valence-corrected chi connectivity index (χ3v) is 7.78. The molecule has 2 amide bonds. The van der Waals surface area contributed by atoms with Crippen molar-refractivity contribution in [1.82, 2.24) is 19.9 Å². The average Bonchev–Trinajstić information content (AvgIpc) is 3.29. The van der Waals surface area contributed by atoms with Crippen LogP contribution in [-0.4, -0.2) is 53.3 Å². The van der Waals surface area contributed by atoms with Gasteiger partial charge in [0.25, 0.3) is 5.91 Å². The Labute approximate surface area is 235 Å². The number of unbranched alkanes of at least 4 members (excludes halogenated alkanes) is 1. The average molecular weight is 541 g/mol. The van der Waals surface area contributed by atoms with Crippen molar-refractivity contribution in [3.05, 3.63) is 101 Å². The predicted octanol–water partition coefficient (Wildman–Crippen LogP) is 5.37. The van der Waals surface area contributed by atoms with Crippen molar-refractivity contribution >= 4 is 17.3 Å². The maximum atomic E-state index is 14.6. The molecule has 0 spiro atoms. The first-order chi connectivity index (χ1) is 19.5. The molecule has 1 fully saturated rings. The molecule has 40 heavy (non-hydrogen) atoms. The summed E-state index contributed by atoms with van der Waals surface area (Å²) in [7, 11) is 0. The summed E-state index contributed by atoms with van der Waals surface area (Å²) in [6.07, 6.45) is 4.65. The Kier molecular flexibility index (Phi) is 8.60. The lowest BCUT2D eigenvalue weighted by molar-refractivity contribution is -0.121. The van der Waals surface area contributed by atoms with Gasteiger partial charge in [0.05, 0.1) is 5.52 Å². The fourth-order valence-corrected chi connectivity index (χ4v) is 5.62. The Morgan fingerprint density at radius 3 is 2.65 bits per heavy atom. The van der Waals surface area contributed by atoms with E-state index in [1.165, 1.54) is 6.07 Å². The van der Waals surface area contributed by atoms with Crippen molar-refractivity contribution in [2.45, 2.75) is 45.6 Å². The molecule has 0 unspecified atom stereocenters. The van der Waals surface area contributed by atoms with Gasteiger partial charge in [-0.25, -0.2) is 4.39 Å². The van der Waals surface area contributed by atoms with Crippen molar-refractivity contribution < 1.29 is 14.0 Å². The fraction of sp³-hybridized carbons (Fsp3) is 0.333. The van der Waals surface area contributed by atoms with Crippen LogP contribution in [0.2, 0.25) is 0 Å². The van der Waals surface area contributed by atoms with E-state index in [0.717, 1.165) is 40.6 Å². The number of hydrogen-bond donors (Lipinski definition) is 2. The summed E-state index contributed by atoms with van der Waals surface area (Å²) in [4.78, 5) is 28.7. The van der Waals surface area contributed by atoms with Gasteiger partial charge < -0.3 is 19.9 Å². The van der Waals surface area contributed by atoms with Crippen molar-refractivity contribution in [3.63, 3.8) is 0 Å². The van der Waals surface area contributed by atoms with Gasteiger partial charge in [0.2, 0.25) is 5.91 Å². The summed E-state index contributed by atoms with van der Waals surface area (Å²) in [5, 5.41) is 6.39. The van der Waals surface area contributed by atoms with Crippen LogP contribution in [0.3, 0.4) is 0 Å². The first kappa shape index (κ1) is 27.6. The van der Waals surface area contributed by atoms with E-state index in [1.54, 1.807) is 13.0 Å². The highest BCUT2D eigenvalue weighted by Crippen LogP contribution is 2.36. The summed E-state index contributed by atoms with van der Waals surface area (Å²) < 4.78 is 16.6. The maximum absolute atomic E-state index is 14.6. The number of hydrogen-bond acceptors (Lipinski definition) is 3. The highest BCUT2D eigenvalue weighted by molar-refractivity contribution is 6.01. The van der Waals surface area contributed by atoms with Crippen LogP contribution in [0.25, 0.3) is 16.6 Å². The summed E-state index contributed by atoms with van der Waals surface area (Å²) in [6, 6.07) is 21.0. The highest BCUT2D eigenvalue weighted by Gasteiger charge is 2.31. The van der Waals surface area contributed by atoms with Crippen molar-refractivity contribution in [1.29, 1.82) is 0 Å². The predicted molar refractivity (Wildman–Crippen MR) is 157 cm³/mol. The van der Waals surface area contributed by atoms with Crippen LogP contribution in [-0.2, 0) is 11.2 Å². The molecular formula is C33H37FN4O2. The van der Waals surface area contributed by atoms with Crippen LogP contribution >= 0.6 is 0 Å². The maximum Gasteiger partial charge on any atom is 0.271 e. The second-order valence-electron chi connectivity index (χ2n) is 10.5. The third-order valence-electron chi connectivity index (χ3n) is 7.78. The SMILES string of the molecule is CCCCNC(=O)C[C@H]1CN(C(=O)c2c(Cc3cccc(F)c3C)c(-c3ccccc3)c3ccccn23)CCN1. The lowest BCUT2D eigenvalue weighted by Gasteiger charge is -2.33. The zero-order chi connectivity index (χ0) is 28.1. The number of aromatic nitrogens is 1. The number of rotatable bonds is 9. The first-order valence-corrected chi connectivity index (χ1v) is 14.2. The number of benzene rings is 2. The smallest absolute Gasteiger partial charge is 0.271 e. The molecule has 4 aromatic rings. The molecule has 0 bridgehead atoms. The molecule has 7 heteroatoms. The minimum atomic E-state index is -0.252. The lowest BCUT2D eigenvalue weighted by atomic mass is 9.93. The van der Waals surface area contributed by atoms with Gasteiger partial charge in [-0.1, -0.05) is 61.9 Å². The number of piperazine rings is 1. The van der Waals surface area contributed by atoms with E-state index in [2.05, 4.69) is 29.7 Å². The van der Waals surface area contributed by atoms with E-state index in [0.29, 0.717) is 50.3 Å².